The zero-order chi connectivity index (χ0) is 14.8. The fourth-order valence-electron chi connectivity index (χ4n) is 1.67. The van der Waals surface area contributed by atoms with E-state index in [2.05, 4.69) is 9.50 Å². The second-order valence-electron chi connectivity index (χ2n) is 4.26. The fraction of sp³-hybridized carbons (Fsp3) is 0.889. The van der Waals surface area contributed by atoms with Crippen molar-refractivity contribution in [1.29, 1.82) is 0 Å². The molecular formula is C9H17NO8S. The van der Waals surface area contributed by atoms with Crippen LogP contribution in [0.5, 0.6) is 0 Å². The van der Waals surface area contributed by atoms with E-state index in [4.69, 9.17) is 4.74 Å². The molecule has 0 aliphatic carbocycles. The predicted octanol–water partition coefficient (Wildman–Crippen LogP) is -3.09. The van der Waals surface area contributed by atoms with Gasteiger partial charge in [-0.2, -0.15) is 8.42 Å². The van der Waals surface area contributed by atoms with Crippen molar-refractivity contribution in [2.45, 2.75) is 37.6 Å². The highest BCUT2D eigenvalue weighted by Crippen LogP contribution is 2.20. The monoisotopic (exact) mass is 299 g/mol. The number of amides is 1. The fourth-order valence-corrected chi connectivity index (χ4v) is 2.05. The molecule has 5 atom stereocenters. The minimum atomic E-state index is -3.74. The normalized spacial score (nSPS) is 35.9. The van der Waals surface area contributed by atoms with Gasteiger partial charge in [-0.25, -0.2) is 0 Å². The van der Waals surface area contributed by atoms with Crippen LogP contribution in [0.25, 0.3) is 0 Å². The molecule has 5 unspecified atom stereocenters. The quantitative estimate of drug-likeness (QED) is 0.400. The number of nitrogens with one attached hydrogen (secondary N) is 1. The third-order valence-corrected chi connectivity index (χ3v) is 3.10. The Kier molecular flexibility index (Phi) is 5.24. The highest BCUT2D eigenvalue weighted by molar-refractivity contribution is 7.85. The van der Waals surface area contributed by atoms with Crippen molar-refractivity contribution in [3.05, 3.63) is 0 Å². The van der Waals surface area contributed by atoms with Gasteiger partial charge in [0.2, 0.25) is 5.91 Å². The minimum Gasteiger partial charge on any atom is -0.388 e. The molecular weight excluding hydrogens is 282 g/mol. The van der Waals surface area contributed by atoms with Crippen LogP contribution in [0.1, 0.15) is 6.92 Å². The summed E-state index contributed by atoms with van der Waals surface area (Å²) in [6.45, 7) is 0.617. The summed E-state index contributed by atoms with van der Waals surface area (Å²) in [6, 6.07) is -1.21. The van der Waals surface area contributed by atoms with Gasteiger partial charge in [0.05, 0.1) is 12.9 Å². The summed E-state index contributed by atoms with van der Waals surface area (Å²) in [5.74, 6) is -0.523. The molecule has 9 nitrogen and oxygen atoms in total. The number of hydrogen-bond acceptors (Lipinski definition) is 8. The molecule has 1 amide bonds. The van der Waals surface area contributed by atoms with E-state index in [1.165, 1.54) is 6.92 Å². The topological polar surface area (TPSA) is 142 Å². The third-order valence-electron chi connectivity index (χ3n) is 2.54. The highest BCUT2D eigenvalue weighted by atomic mass is 32.2. The molecule has 1 rings (SSSR count). The molecule has 19 heavy (non-hydrogen) atoms. The molecule has 0 saturated carbocycles. The second kappa shape index (κ2) is 6.11. The maximum absolute atomic E-state index is 10.9. The summed E-state index contributed by atoms with van der Waals surface area (Å²) >= 11 is 0. The van der Waals surface area contributed by atoms with Crippen LogP contribution < -0.4 is 5.32 Å². The van der Waals surface area contributed by atoms with Crippen molar-refractivity contribution in [2.24, 2.45) is 0 Å². The molecule has 1 heterocycles. The van der Waals surface area contributed by atoms with Crippen molar-refractivity contribution < 1.29 is 37.5 Å². The van der Waals surface area contributed by atoms with Gasteiger partial charge in [0, 0.05) is 6.92 Å². The summed E-state index contributed by atoms with van der Waals surface area (Å²) < 4.78 is 31.0. The summed E-state index contributed by atoms with van der Waals surface area (Å²) in [7, 11) is -3.74. The summed E-state index contributed by atoms with van der Waals surface area (Å²) in [5, 5.41) is 31.3. The van der Waals surface area contributed by atoms with Crippen LogP contribution in [-0.2, 0) is 23.8 Å². The van der Waals surface area contributed by atoms with Crippen LogP contribution in [0.2, 0.25) is 0 Å². The lowest BCUT2D eigenvalue weighted by atomic mass is 9.97. The second-order valence-corrected chi connectivity index (χ2v) is 5.91. The van der Waals surface area contributed by atoms with Crippen molar-refractivity contribution in [1.82, 2.24) is 5.32 Å². The molecule has 0 aromatic carbocycles. The lowest BCUT2D eigenvalue weighted by Gasteiger charge is -2.40. The highest BCUT2D eigenvalue weighted by Gasteiger charge is 2.44. The molecule has 0 radical (unpaired) electrons. The van der Waals surface area contributed by atoms with Crippen molar-refractivity contribution in [2.75, 3.05) is 12.9 Å². The zero-order valence-electron chi connectivity index (χ0n) is 10.4. The van der Waals surface area contributed by atoms with Gasteiger partial charge in [0.25, 0.3) is 10.1 Å². The lowest BCUT2D eigenvalue weighted by molar-refractivity contribution is -0.252. The largest absolute Gasteiger partial charge is 0.388 e. The molecule has 1 aliphatic rings. The Labute approximate surface area is 110 Å². The molecule has 0 bridgehead atoms. The number of ether oxygens (including phenoxy) is 1. The predicted molar refractivity (Wildman–Crippen MR) is 61.3 cm³/mol. The minimum absolute atomic E-state index is 0.523. The van der Waals surface area contributed by atoms with Gasteiger partial charge in [0.1, 0.15) is 24.4 Å². The Morgan fingerprint density at radius 3 is 2.37 bits per heavy atom. The van der Waals surface area contributed by atoms with Gasteiger partial charge < -0.3 is 25.4 Å². The first-order valence-corrected chi connectivity index (χ1v) is 7.24. The molecule has 1 aliphatic heterocycles. The van der Waals surface area contributed by atoms with Crippen LogP contribution in [-0.4, -0.2) is 73.2 Å². The molecule has 1 fully saturated rings. The average molecular weight is 299 g/mol. The van der Waals surface area contributed by atoms with E-state index in [0.29, 0.717) is 0 Å². The molecule has 0 aromatic heterocycles. The standard InChI is InChI=1S/C9H17NO8S/c1-4(11)10-6-8(13)7(12)5(18-9(6)14)3-17-19(2,15)16/h5-9,12-14H,3H2,1-2H3,(H,10,11). The number of carbonyl (C=O) groups excluding carboxylic acids is 1. The van der Waals surface area contributed by atoms with Gasteiger partial charge in [-0.3, -0.25) is 8.98 Å². The van der Waals surface area contributed by atoms with Crippen LogP contribution in [0.4, 0.5) is 0 Å². The zero-order valence-corrected chi connectivity index (χ0v) is 11.2. The summed E-state index contributed by atoms with van der Waals surface area (Å²) in [5.41, 5.74) is 0. The Hall–Kier alpha value is -0.780. The number of hydrogen-bond donors (Lipinski definition) is 4. The number of rotatable bonds is 4. The third kappa shape index (κ3) is 4.67. The van der Waals surface area contributed by atoms with Crippen molar-refractivity contribution >= 4 is 16.0 Å². The van der Waals surface area contributed by atoms with Gasteiger partial charge in [-0.05, 0) is 0 Å². The molecule has 112 valence electrons. The number of carbonyl (C=O) groups is 1. The molecule has 4 N–H and O–H groups in total. The smallest absolute Gasteiger partial charge is 0.264 e. The Morgan fingerprint density at radius 1 is 1.32 bits per heavy atom. The molecule has 1 saturated heterocycles. The van der Waals surface area contributed by atoms with Crippen LogP contribution in [0.3, 0.4) is 0 Å². The van der Waals surface area contributed by atoms with E-state index in [-0.39, 0.29) is 0 Å². The van der Waals surface area contributed by atoms with E-state index in [9.17, 15) is 28.5 Å². The van der Waals surface area contributed by atoms with Crippen LogP contribution >= 0.6 is 0 Å². The van der Waals surface area contributed by atoms with Gasteiger partial charge >= 0.3 is 0 Å². The van der Waals surface area contributed by atoms with E-state index < -0.39 is 53.3 Å². The first kappa shape index (κ1) is 16.3. The maximum atomic E-state index is 10.9. The molecule has 10 heteroatoms. The van der Waals surface area contributed by atoms with E-state index in [1.54, 1.807) is 0 Å². The lowest BCUT2D eigenvalue weighted by Crippen LogP contribution is -2.64. The van der Waals surface area contributed by atoms with Gasteiger partial charge in [-0.15, -0.1) is 0 Å². The van der Waals surface area contributed by atoms with Crippen LogP contribution in [0.15, 0.2) is 0 Å². The number of aliphatic hydroxyl groups is 3. The number of aliphatic hydroxyl groups excluding tert-OH is 3. The summed E-state index contributed by atoms with van der Waals surface area (Å²) in [4.78, 5) is 10.9. The van der Waals surface area contributed by atoms with E-state index in [1.807, 2.05) is 0 Å². The Balaban J connectivity index is 2.69. The Morgan fingerprint density at radius 2 is 1.89 bits per heavy atom. The van der Waals surface area contributed by atoms with Crippen molar-refractivity contribution in [3.63, 3.8) is 0 Å². The van der Waals surface area contributed by atoms with Crippen LogP contribution in [0, 0.1) is 0 Å². The average Bonchev–Trinajstić information content (AvgIpc) is 2.26. The molecule has 0 aromatic rings. The summed E-state index contributed by atoms with van der Waals surface area (Å²) in [6.07, 6.45) is -5.03. The Bertz CT molecular complexity index is 424. The van der Waals surface area contributed by atoms with E-state index in [0.717, 1.165) is 6.26 Å². The first-order valence-electron chi connectivity index (χ1n) is 5.43. The SMILES string of the molecule is CC(=O)NC1C(O)OC(COS(C)(=O)=O)C(O)C1O. The first-order chi connectivity index (χ1) is 8.61. The maximum Gasteiger partial charge on any atom is 0.264 e. The van der Waals surface area contributed by atoms with E-state index >= 15 is 0 Å². The van der Waals surface area contributed by atoms with Gasteiger partial charge in [-0.1, -0.05) is 0 Å². The molecule has 0 spiro atoms. The van der Waals surface area contributed by atoms with Gasteiger partial charge in [0.15, 0.2) is 6.29 Å². The van der Waals surface area contributed by atoms with Crippen molar-refractivity contribution in [3.8, 4) is 0 Å².